The van der Waals surface area contributed by atoms with Gasteiger partial charge in [0.25, 0.3) is 0 Å². The third-order valence-corrected chi connectivity index (χ3v) is 4.31. The Labute approximate surface area is 180 Å². The van der Waals surface area contributed by atoms with Crippen LogP contribution < -0.4 is 14.2 Å². The second-order valence-corrected chi connectivity index (χ2v) is 6.62. The summed E-state index contributed by atoms with van der Waals surface area (Å²) in [5.74, 6) is -1.25. The number of hydrogen-bond acceptors (Lipinski definition) is 7. The second-order valence-electron chi connectivity index (χ2n) is 6.62. The maximum atomic E-state index is 10.8. The number of nitrogens with one attached hydrogen (secondary N) is 1. The number of aromatic nitrogens is 4. The number of aromatic amines is 1. The fourth-order valence-electron chi connectivity index (χ4n) is 2.93. The molecular formula is C21H18N4O7. The van der Waals surface area contributed by atoms with Gasteiger partial charge in [-0.25, -0.2) is 19.6 Å². The number of H-pyrrole nitrogens is 1. The molecule has 4 rings (SSSR count). The third kappa shape index (κ3) is 4.95. The Morgan fingerprint density at radius 3 is 2.47 bits per heavy atom. The molecule has 0 radical (unpaired) electrons. The topological polar surface area (TPSA) is 149 Å². The number of benzene rings is 2. The van der Waals surface area contributed by atoms with E-state index in [2.05, 4.69) is 15.0 Å². The van der Waals surface area contributed by atoms with Gasteiger partial charge < -0.3 is 34.0 Å². The van der Waals surface area contributed by atoms with Crippen molar-refractivity contribution in [2.75, 3.05) is 13.2 Å². The van der Waals surface area contributed by atoms with E-state index >= 15 is 0 Å². The number of fused-ring (bicyclic) bond motifs is 1. The summed E-state index contributed by atoms with van der Waals surface area (Å²) in [5.41, 5.74) is 2.53. The Balaban J connectivity index is 1.48. The minimum absolute atomic E-state index is 0.0562. The highest BCUT2D eigenvalue weighted by molar-refractivity contribution is 5.77. The van der Waals surface area contributed by atoms with Crippen molar-refractivity contribution in [2.45, 2.75) is 6.61 Å². The summed E-state index contributed by atoms with van der Waals surface area (Å²) in [6.07, 6.45) is 5.23. The normalized spacial score (nSPS) is 10.8. The first-order chi connectivity index (χ1) is 15.5. The zero-order valence-corrected chi connectivity index (χ0v) is 16.6. The Kier molecular flexibility index (Phi) is 5.88. The van der Waals surface area contributed by atoms with Crippen molar-refractivity contribution in [1.82, 2.24) is 19.5 Å². The van der Waals surface area contributed by atoms with E-state index in [1.54, 1.807) is 18.6 Å². The molecule has 2 aromatic carbocycles. The summed E-state index contributed by atoms with van der Waals surface area (Å²) in [4.78, 5) is 33.3. The molecule has 0 spiro atoms. The molecule has 0 unspecified atom stereocenters. The van der Waals surface area contributed by atoms with E-state index < -0.39 is 25.2 Å². The van der Waals surface area contributed by atoms with Gasteiger partial charge in [0.1, 0.15) is 18.2 Å². The second kappa shape index (κ2) is 9.08. The van der Waals surface area contributed by atoms with Crippen LogP contribution in [0, 0.1) is 0 Å². The van der Waals surface area contributed by atoms with Gasteiger partial charge in [0.05, 0.1) is 17.4 Å². The Morgan fingerprint density at radius 1 is 0.969 bits per heavy atom. The molecule has 4 aromatic rings. The molecule has 11 nitrogen and oxygen atoms in total. The Hall–Kier alpha value is -4.54. The predicted molar refractivity (Wildman–Crippen MR) is 110 cm³/mol. The van der Waals surface area contributed by atoms with Crippen LogP contribution in [0.3, 0.4) is 0 Å². The van der Waals surface area contributed by atoms with Crippen molar-refractivity contribution in [3.8, 4) is 22.9 Å². The lowest BCUT2D eigenvalue weighted by molar-refractivity contribution is -0.140. The van der Waals surface area contributed by atoms with Gasteiger partial charge in [-0.1, -0.05) is 0 Å². The summed E-state index contributed by atoms with van der Waals surface area (Å²) in [6, 6.07) is 10.2. The van der Waals surface area contributed by atoms with Crippen LogP contribution in [0.2, 0.25) is 0 Å². The van der Waals surface area contributed by atoms with E-state index in [1.807, 2.05) is 29.0 Å². The zero-order chi connectivity index (χ0) is 22.5. The van der Waals surface area contributed by atoms with E-state index in [1.165, 1.54) is 12.1 Å². The van der Waals surface area contributed by atoms with E-state index in [4.69, 9.17) is 24.4 Å². The lowest BCUT2D eigenvalue weighted by Gasteiger charge is -2.12. The van der Waals surface area contributed by atoms with Gasteiger partial charge in [-0.05, 0) is 30.3 Å². The zero-order valence-electron chi connectivity index (χ0n) is 16.6. The number of nitrogens with zero attached hydrogens (tertiary/aromatic N) is 3. The number of rotatable bonds is 10. The van der Waals surface area contributed by atoms with Crippen molar-refractivity contribution in [3.63, 3.8) is 0 Å². The number of carboxylic acid groups (broad SMARTS) is 2. The van der Waals surface area contributed by atoms with Crippen molar-refractivity contribution in [2.24, 2.45) is 0 Å². The Bertz CT molecular complexity index is 1250. The van der Waals surface area contributed by atoms with Crippen LogP contribution in [0.1, 0.15) is 5.82 Å². The fraction of sp³-hybridized carbons (Fsp3) is 0.143. The average molecular weight is 438 g/mol. The summed E-state index contributed by atoms with van der Waals surface area (Å²) < 4.78 is 17.9. The SMILES string of the molecule is O=C(O)COc1ccc(OCc2nc3cc(-n4ccnc4)ccc3[nH]2)cc1OCC(=O)O. The summed E-state index contributed by atoms with van der Waals surface area (Å²) in [6.45, 7) is -1.10. The highest BCUT2D eigenvalue weighted by Crippen LogP contribution is 2.32. The molecule has 0 saturated heterocycles. The largest absolute Gasteiger partial charge is 0.486 e. The molecule has 0 aliphatic rings. The fourth-order valence-corrected chi connectivity index (χ4v) is 2.93. The monoisotopic (exact) mass is 438 g/mol. The average Bonchev–Trinajstić information content (AvgIpc) is 3.44. The van der Waals surface area contributed by atoms with Gasteiger partial charge >= 0.3 is 11.9 Å². The van der Waals surface area contributed by atoms with Gasteiger partial charge in [-0.15, -0.1) is 0 Å². The third-order valence-electron chi connectivity index (χ3n) is 4.31. The first-order valence-corrected chi connectivity index (χ1v) is 9.41. The van der Waals surface area contributed by atoms with Gasteiger partial charge in [0, 0.05) is 24.1 Å². The molecule has 32 heavy (non-hydrogen) atoms. The van der Waals surface area contributed by atoms with Crippen LogP contribution in [0.15, 0.2) is 55.1 Å². The molecule has 11 heteroatoms. The quantitative estimate of drug-likeness (QED) is 0.339. The lowest BCUT2D eigenvalue weighted by Crippen LogP contribution is -2.13. The number of ether oxygens (including phenoxy) is 3. The predicted octanol–water partition coefficient (Wildman–Crippen LogP) is 2.25. The van der Waals surface area contributed by atoms with Gasteiger partial charge in [-0.2, -0.15) is 0 Å². The van der Waals surface area contributed by atoms with Crippen LogP contribution in [-0.2, 0) is 16.2 Å². The lowest BCUT2D eigenvalue weighted by atomic mass is 10.3. The van der Waals surface area contributed by atoms with Crippen molar-refractivity contribution >= 4 is 23.0 Å². The van der Waals surface area contributed by atoms with E-state index in [9.17, 15) is 9.59 Å². The van der Waals surface area contributed by atoms with E-state index in [0.29, 0.717) is 11.6 Å². The van der Waals surface area contributed by atoms with E-state index in [-0.39, 0.29) is 18.1 Å². The first-order valence-electron chi connectivity index (χ1n) is 9.41. The molecular weight excluding hydrogens is 420 g/mol. The molecule has 0 aliphatic carbocycles. The molecule has 0 aliphatic heterocycles. The molecule has 164 valence electrons. The number of imidazole rings is 2. The minimum atomic E-state index is -1.18. The highest BCUT2D eigenvalue weighted by Gasteiger charge is 2.12. The van der Waals surface area contributed by atoms with Gasteiger partial charge in [0.2, 0.25) is 0 Å². The molecule has 0 atom stereocenters. The molecule has 2 heterocycles. The van der Waals surface area contributed by atoms with Crippen LogP contribution >= 0.6 is 0 Å². The molecule has 2 aromatic heterocycles. The summed E-state index contributed by atoms with van der Waals surface area (Å²) in [7, 11) is 0. The summed E-state index contributed by atoms with van der Waals surface area (Å²) >= 11 is 0. The van der Waals surface area contributed by atoms with Crippen molar-refractivity contribution < 1.29 is 34.0 Å². The number of carbonyl (C=O) groups is 2. The van der Waals surface area contributed by atoms with Crippen molar-refractivity contribution in [3.05, 3.63) is 60.9 Å². The molecule has 0 bridgehead atoms. The molecule has 0 saturated carbocycles. The van der Waals surface area contributed by atoms with Gasteiger partial charge in [-0.3, -0.25) is 0 Å². The number of carboxylic acids is 2. The highest BCUT2D eigenvalue weighted by atomic mass is 16.5. The smallest absolute Gasteiger partial charge is 0.341 e. The van der Waals surface area contributed by atoms with Crippen LogP contribution in [0.5, 0.6) is 17.2 Å². The maximum Gasteiger partial charge on any atom is 0.341 e. The molecule has 0 amide bonds. The standard InChI is InChI=1S/C21H18N4O7/c26-20(27)10-31-17-4-2-14(8-18(17)32-11-21(28)29)30-9-19-23-15-3-1-13(7-16(15)24-19)25-6-5-22-12-25/h1-8,12H,9-11H2,(H,23,24)(H,26,27)(H,28,29). The number of aliphatic carboxylic acids is 2. The van der Waals surface area contributed by atoms with Gasteiger partial charge in [0.15, 0.2) is 24.7 Å². The van der Waals surface area contributed by atoms with Crippen LogP contribution in [0.4, 0.5) is 0 Å². The first kappa shape index (κ1) is 20.7. The Morgan fingerprint density at radius 2 is 1.75 bits per heavy atom. The molecule has 3 N–H and O–H groups in total. The van der Waals surface area contributed by atoms with E-state index in [0.717, 1.165) is 16.7 Å². The minimum Gasteiger partial charge on any atom is -0.486 e. The van der Waals surface area contributed by atoms with Crippen LogP contribution in [0.25, 0.3) is 16.7 Å². The molecule has 0 fully saturated rings. The maximum absolute atomic E-state index is 10.8. The van der Waals surface area contributed by atoms with Crippen molar-refractivity contribution in [1.29, 1.82) is 0 Å². The summed E-state index contributed by atoms with van der Waals surface area (Å²) in [5, 5.41) is 17.6. The number of hydrogen-bond donors (Lipinski definition) is 3. The van der Waals surface area contributed by atoms with Crippen LogP contribution in [-0.4, -0.2) is 54.9 Å².